The van der Waals surface area contributed by atoms with Gasteiger partial charge in [-0.15, -0.1) is 6.42 Å². The fourth-order valence-corrected chi connectivity index (χ4v) is 5.79. The number of pyridine rings is 1. The Morgan fingerprint density at radius 1 is 1.29 bits per heavy atom. The molecular formula is C24H28N4O5S. The number of rotatable bonds is 6. The first kappa shape index (κ1) is 24.0. The summed E-state index contributed by atoms with van der Waals surface area (Å²) in [4.78, 5) is 30.8. The summed E-state index contributed by atoms with van der Waals surface area (Å²) in [5.74, 6) is 1.54. The normalized spacial score (nSPS) is 17.8. The number of carbonyl (C=O) groups excluding carboxylic acids is 1. The highest BCUT2D eigenvalue weighted by atomic mass is 32.2. The second-order valence-electron chi connectivity index (χ2n) is 9.40. The third kappa shape index (κ3) is 4.59. The number of nitrogens with one attached hydrogen (secondary N) is 3. The lowest BCUT2D eigenvalue weighted by molar-refractivity contribution is -0.157. The monoisotopic (exact) mass is 484 g/mol. The van der Waals surface area contributed by atoms with Crippen LogP contribution >= 0.6 is 0 Å². The van der Waals surface area contributed by atoms with Gasteiger partial charge in [-0.1, -0.05) is 5.92 Å². The van der Waals surface area contributed by atoms with E-state index in [1.54, 1.807) is 39.1 Å². The van der Waals surface area contributed by atoms with Crippen LogP contribution in [0.1, 0.15) is 33.6 Å². The van der Waals surface area contributed by atoms with E-state index in [1.807, 2.05) is 0 Å². The first-order valence-corrected chi connectivity index (χ1v) is 12.5. The van der Waals surface area contributed by atoms with Crippen molar-refractivity contribution in [3.05, 3.63) is 40.8 Å². The molecule has 1 unspecified atom stereocenters. The summed E-state index contributed by atoms with van der Waals surface area (Å²) in [6.07, 6.45) is 8.98. The Balaban J connectivity index is 1.81. The van der Waals surface area contributed by atoms with Crippen LogP contribution in [0.3, 0.4) is 0 Å². The zero-order chi connectivity index (χ0) is 24.7. The Hall–Kier alpha value is -3.13. The van der Waals surface area contributed by atoms with E-state index in [9.17, 15) is 18.0 Å². The molecule has 0 amide bonds. The van der Waals surface area contributed by atoms with Gasteiger partial charge in [-0.05, 0) is 64.4 Å². The Morgan fingerprint density at radius 2 is 2.06 bits per heavy atom. The first-order chi connectivity index (χ1) is 16.0. The molecule has 3 aromatic rings. The lowest BCUT2D eigenvalue weighted by Gasteiger charge is -2.30. The van der Waals surface area contributed by atoms with Crippen LogP contribution in [0.2, 0.25) is 0 Å². The molecule has 34 heavy (non-hydrogen) atoms. The molecule has 1 fully saturated rings. The number of nitrogens with zero attached hydrogens (tertiary/aromatic N) is 1. The number of H-pyrrole nitrogens is 2. The van der Waals surface area contributed by atoms with E-state index in [0.717, 1.165) is 23.7 Å². The largest absolute Gasteiger partial charge is 0.458 e. The van der Waals surface area contributed by atoms with Crippen molar-refractivity contribution in [2.45, 2.75) is 56.2 Å². The molecule has 180 valence electrons. The van der Waals surface area contributed by atoms with Crippen LogP contribution in [0.5, 0.6) is 0 Å². The third-order valence-corrected chi connectivity index (χ3v) is 7.58. The number of aromatic nitrogens is 2. The van der Waals surface area contributed by atoms with Crippen molar-refractivity contribution >= 4 is 37.8 Å². The fraction of sp³-hybridized carbons (Fsp3) is 0.417. The van der Waals surface area contributed by atoms with Crippen molar-refractivity contribution in [3.63, 3.8) is 0 Å². The molecule has 0 saturated carbocycles. The van der Waals surface area contributed by atoms with Gasteiger partial charge in [0, 0.05) is 35.1 Å². The molecule has 4 rings (SSSR count). The number of hydrogen-bond acceptors (Lipinski definition) is 6. The van der Waals surface area contributed by atoms with Gasteiger partial charge in [0.05, 0.1) is 4.90 Å². The summed E-state index contributed by atoms with van der Waals surface area (Å²) in [7, 11) is -4.21. The maximum Gasteiger partial charge on any atom is 0.337 e. The molecule has 3 heterocycles. The van der Waals surface area contributed by atoms with Gasteiger partial charge in [-0.3, -0.25) is 4.79 Å². The minimum atomic E-state index is -4.21. The Kier molecular flexibility index (Phi) is 6.29. The minimum absolute atomic E-state index is 0.0274. The van der Waals surface area contributed by atoms with Crippen LogP contribution in [0.25, 0.3) is 21.8 Å². The van der Waals surface area contributed by atoms with E-state index in [4.69, 9.17) is 11.2 Å². The highest BCUT2D eigenvalue weighted by molar-refractivity contribution is 7.89. The van der Waals surface area contributed by atoms with E-state index < -0.39 is 27.6 Å². The number of benzene rings is 1. The summed E-state index contributed by atoms with van der Waals surface area (Å²) in [6, 6.07) is 4.60. The standard InChI is InChI=1S/C24H28N4O5S/c1-5-20(23(30)33-24(2,3)4)28(14-15-7-6-11-25-15)34(31,32)16-8-9-19-18(13-16)17-10-12-26-21(17)22(29)27-19/h1,8-10,12-13,15,20,25-26H,6-7,11,14H2,2-4H3,(H,27,29)/t15-,20?/m0/s1. The molecule has 2 atom stereocenters. The maximum atomic E-state index is 13.9. The van der Waals surface area contributed by atoms with Gasteiger partial charge in [-0.25, -0.2) is 13.2 Å². The third-order valence-electron chi connectivity index (χ3n) is 5.75. The van der Waals surface area contributed by atoms with E-state index in [2.05, 4.69) is 21.2 Å². The van der Waals surface area contributed by atoms with Crippen LogP contribution in [0.15, 0.2) is 40.2 Å². The highest BCUT2D eigenvalue weighted by Gasteiger charge is 2.39. The predicted molar refractivity (Wildman–Crippen MR) is 130 cm³/mol. The molecule has 1 saturated heterocycles. The number of fused-ring (bicyclic) bond motifs is 3. The summed E-state index contributed by atoms with van der Waals surface area (Å²) < 4.78 is 34.3. The van der Waals surface area contributed by atoms with Crippen molar-refractivity contribution in [1.82, 2.24) is 19.6 Å². The molecule has 0 spiro atoms. The van der Waals surface area contributed by atoms with Crippen molar-refractivity contribution in [2.75, 3.05) is 13.1 Å². The number of terminal acetylenes is 1. The Bertz CT molecular complexity index is 1440. The number of aromatic amines is 2. The van der Waals surface area contributed by atoms with Gasteiger partial charge < -0.3 is 20.0 Å². The Labute approximate surface area is 197 Å². The van der Waals surface area contributed by atoms with Crippen LogP contribution < -0.4 is 10.9 Å². The first-order valence-electron chi connectivity index (χ1n) is 11.1. The molecule has 0 aliphatic carbocycles. The van der Waals surface area contributed by atoms with Crippen LogP contribution in [0.4, 0.5) is 0 Å². The van der Waals surface area contributed by atoms with Crippen molar-refractivity contribution in [1.29, 1.82) is 0 Å². The van der Waals surface area contributed by atoms with Gasteiger partial charge in [0.2, 0.25) is 10.0 Å². The quantitative estimate of drug-likeness (QED) is 0.364. The van der Waals surface area contributed by atoms with Gasteiger partial charge in [0.15, 0.2) is 6.04 Å². The van der Waals surface area contributed by atoms with Gasteiger partial charge >= 0.3 is 5.97 Å². The minimum Gasteiger partial charge on any atom is -0.458 e. The van der Waals surface area contributed by atoms with Gasteiger partial charge in [0.1, 0.15) is 11.1 Å². The number of ether oxygens (including phenoxy) is 1. The molecular weight excluding hydrogens is 456 g/mol. The van der Waals surface area contributed by atoms with Crippen molar-refractivity contribution in [3.8, 4) is 12.3 Å². The van der Waals surface area contributed by atoms with E-state index in [1.165, 1.54) is 12.1 Å². The van der Waals surface area contributed by atoms with Gasteiger partial charge in [0.25, 0.3) is 5.56 Å². The second-order valence-corrected chi connectivity index (χ2v) is 11.3. The van der Waals surface area contributed by atoms with Crippen LogP contribution in [-0.4, -0.2) is 59.4 Å². The topological polar surface area (TPSA) is 124 Å². The summed E-state index contributed by atoms with van der Waals surface area (Å²) >= 11 is 0. The zero-order valence-electron chi connectivity index (χ0n) is 19.3. The molecule has 1 aliphatic rings. The molecule has 3 N–H and O–H groups in total. The lowest BCUT2D eigenvalue weighted by atomic mass is 10.1. The van der Waals surface area contributed by atoms with E-state index >= 15 is 0 Å². The van der Waals surface area contributed by atoms with E-state index in [0.29, 0.717) is 21.8 Å². The summed E-state index contributed by atoms with van der Waals surface area (Å²) in [6.45, 7) is 5.88. The molecule has 1 aromatic carbocycles. The predicted octanol–water partition coefficient (Wildman–Crippen LogP) is 2.10. The average Bonchev–Trinajstić information content (AvgIpc) is 3.44. The van der Waals surface area contributed by atoms with Crippen LogP contribution in [0, 0.1) is 12.3 Å². The molecule has 0 radical (unpaired) electrons. The van der Waals surface area contributed by atoms with Crippen molar-refractivity contribution < 1.29 is 17.9 Å². The zero-order valence-corrected chi connectivity index (χ0v) is 20.2. The van der Waals surface area contributed by atoms with Gasteiger partial charge in [-0.2, -0.15) is 4.31 Å². The SMILES string of the molecule is C#CC(C(=O)OC(C)(C)C)N(C[C@@H]1CCCN1)S(=O)(=O)c1ccc2[nH]c(=O)c3[nH]ccc3c2c1. The number of hydrogen-bond donors (Lipinski definition) is 3. The molecule has 1 aliphatic heterocycles. The maximum absolute atomic E-state index is 13.9. The molecule has 10 heteroatoms. The summed E-state index contributed by atoms with van der Waals surface area (Å²) in [5, 5.41) is 4.42. The smallest absolute Gasteiger partial charge is 0.337 e. The second kappa shape index (κ2) is 8.91. The van der Waals surface area contributed by atoms with E-state index in [-0.39, 0.29) is 23.0 Å². The Morgan fingerprint density at radius 3 is 2.71 bits per heavy atom. The molecule has 0 bridgehead atoms. The highest BCUT2D eigenvalue weighted by Crippen LogP contribution is 2.27. The molecule has 9 nitrogen and oxygen atoms in total. The summed E-state index contributed by atoms with van der Waals surface area (Å²) in [5.41, 5.74) is -0.276. The number of esters is 1. The number of sulfonamides is 1. The fourth-order valence-electron chi connectivity index (χ4n) is 4.22. The number of carbonyl (C=O) groups is 1. The lowest BCUT2D eigenvalue weighted by Crippen LogP contribution is -2.50. The average molecular weight is 485 g/mol. The van der Waals surface area contributed by atoms with Crippen LogP contribution in [-0.2, 0) is 19.6 Å². The molecule has 2 aromatic heterocycles. The van der Waals surface area contributed by atoms with Crippen molar-refractivity contribution in [2.24, 2.45) is 0 Å².